The Labute approximate surface area is 127 Å². The van der Waals surface area contributed by atoms with Gasteiger partial charge in [-0.1, -0.05) is 67.2 Å². The van der Waals surface area contributed by atoms with Crippen molar-refractivity contribution in [2.75, 3.05) is 6.61 Å². The van der Waals surface area contributed by atoms with Gasteiger partial charge >= 0.3 is 0 Å². The Morgan fingerprint density at radius 1 is 1.35 bits per heavy atom. The molecule has 1 saturated carbocycles. The summed E-state index contributed by atoms with van der Waals surface area (Å²) in [7, 11) is 0. The molecule has 0 aliphatic heterocycles. The lowest BCUT2D eigenvalue weighted by Gasteiger charge is -2.45. The van der Waals surface area contributed by atoms with Crippen LogP contribution in [0.15, 0.2) is 0 Å². The van der Waals surface area contributed by atoms with Crippen molar-refractivity contribution in [3.63, 3.8) is 0 Å². The van der Waals surface area contributed by atoms with Gasteiger partial charge in [-0.2, -0.15) is 0 Å². The average molecular weight is 282 g/mol. The molecule has 0 N–H and O–H groups in total. The Balaban J connectivity index is 2.70. The molecule has 1 rings (SSSR count). The van der Waals surface area contributed by atoms with E-state index in [-0.39, 0.29) is 5.60 Å². The van der Waals surface area contributed by atoms with E-state index in [1.165, 1.54) is 44.9 Å². The van der Waals surface area contributed by atoms with Crippen LogP contribution in [0.4, 0.5) is 0 Å². The van der Waals surface area contributed by atoms with Gasteiger partial charge in [0.1, 0.15) is 0 Å². The van der Waals surface area contributed by atoms with Crippen molar-refractivity contribution >= 4 is 0 Å². The molecule has 1 heteroatoms. The Morgan fingerprint density at radius 2 is 2.05 bits per heavy atom. The van der Waals surface area contributed by atoms with Crippen molar-refractivity contribution in [2.24, 2.45) is 17.3 Å². The highest BCUT2D eigenvalue weighted by Crippen LogP contribution is 2.42. The summed E-state index contributed by atoms with van der Waals surface area (Å²) >= 11 is 0. The molecule has 1 aliphatic carbocycles. The summed E-state index contributed by atoms with van der Waals surface area (Å²) in [5.74, 6) is 1.44. The standard InChI is InChI=1S/C19H37O/c1-7-11-18(6,12-8-2)15-20-19(16(3)4)13-9-10-17(5)14-19/h16-17H,1,7-15H2,2-6H3. The number of hydrogen-bond donors (Lipinski definition) is 0. The monoisotopic (exact) mass is 281 g/mol. The molecule has 0 spiro atoms. The van der Waals surface area contributed by atoms with E-state index < -0.39 is 0 Å². The van der Waals surface area contributed by atoms with Crippen LogP contribution in [-0.2, 0) is 4.74 Å². The predicted molar refractivity (Wildman–Crippen MR) is 88.8 cm³/mol. The third-order valence-corrected chi connectivity index (χ3v) is 5.39. The molecule has 0 aromatic carbocycles. The van der Waals surface area contributed by atoms with Gasteiger partial charge in [-0.15, -0.1) is 0 Å². The molecule has 3 atom stereocenters. The SMILES string of the molecule is [CH2]CCC(C)(CCC)COC1(C(C)C)CCCC(C)C1. The van der Waals surface area contributed by atoms with E-state index in [4.69, 9.17) is 4.74 Å². The lowest BCUT2D eigenvalue weighted by atomic mass is 9.72. The molecule has 3 unspecified atom stereocenters. The van der Waals surface area contributed by atoms with E-state index in [2.05, 4.69) is 41.5 Å². The van der Waals surface area contributed by atoms with Gasteiger partial charge < -0.3 is 4.74 Å². The van der Waals surface area contributed by atoms with Crippen LogP contribution in [-0.4, -0.2) is 12.2 Å². The zero-order valence-corrected chi connectivity index (χ0v) is 14.6. The third-order valence-electron chi connectivity index (χ3n) is 5.39. The van der Waals surface area contributed by atoms with Crippen molar-refractivity contribution in [2.45, 2.75) is 91.6 Å². The maximum Gasteiger partial charge on any atom is 0.0708 e. The molecule has 1 aliphatic rings. The maximum atomic E-state index is 6.64. The van der Waals surface area contributed by atoms with Crippen LogP contribution in [0.25, 0.3) is 0 Å². The first-order valence-corrected chi connectivity index (χ1v) is 8.80. The molecular weight excluding hydrogens is 244 g/mol. The van der Waals surface area contributed by atoms with Gasteiger partial charge in [-0.25, -0.2) is 0 Å². The second-order valence-electron chi connectivity index (χ2n) is 7.87. The highest BCUT2D eigenvalue weighted by Gasteiger charge is 2.40. The van der Waals surface area contributed by atoms with Crippen molar-refractivity contribution in [1.82, 2.24) is 0 Å². The van der Waals surface area contributed by atoms with Crippen LogP contribution in [0.2, 0.25) is 0 Å². The van der Waals surface area contributed by atoms with Crippen molar-refractivity contribution in [3.05, 3.63) is 6.92 Å². The summed E-state index contributed by atoms with van der Waals surface area (Å²) in [6.45, 7) is 16.7. The van der Waals surface area contributed by atoms with Crippen molar-refractivity contribution in [3.8, 4) is 0 Å². The van der Waals surface area contributed by atoms with E-state index in [0.29, 0.717) is 11.3 Å². The Kier molecular flexibility index (Phi) is 7.04. The van der Waals surface area contributed by atoms with Crippen LogP contribution >= 0.6 is 0 Å². The minimum Gasteiger partial charge on any atom is -0.374 e. The third kappa shape index (κ3) is 4.76. The molecule has 1 radical (unpaired) electrons. The molecule has 1 fully saturated rings. The van der Waals surface area contributed by atoms with Gasteiger partial charge in [0.25, 0.3) is 0 Å². The van der Waals surface area contributed by atoms with E-state index in [9.17, 15) is 0 Å². The molecule has 0 bridgehead atoms. The summed E-state index contributed by atoms with van der Waals surface area (Å²) in [6.07, 6.45) is 9.91. The summed E-state index contributed by atoms with van der Waals surface area (Å²) < 4.78 is 6.64. The normalized spacial score (nSPS) is 28.1. The zero-order chi connectivity index (χ0) is 15.2. The fourth-order valence-corrected chi connectivity index (χ4v) is 3.98. The Bertz CT molecular complexity index is 265. The summed E-state index contributed by atoms with van der Waals surface area (Å²) in [5, 5.41) is 0. The highest BCUT2D eigenvalue weighted by molar-refractivity contribution is 4.91. The smallest absolute Gasteiger partial charge is 0.0708 e. The Morgan fingerprint density at radius 3 is 2.55 bits per heavy atom. The maximum absolute atomic E-state index is 6.64. The van der Waals surface area contributed by atoms with Gasteiger partial charge in [0.05, 0.1) is 12.2 Å². The molecule has 119 valence electrons. The van der Waals surface area contributed by atoms with Crippen LogP contribution in [0, 0.1) is 24.2 Å². The predicted octanol–water partition coefficient (Wildman–Crippen LogP) is 6.03. The highest BCUT2D eigenvalue weighted by atomic mass is 16.5. The minimum atomic E-state index is 0.133. The summed E-state index contributed by atoms with van der Waals surface area (Å²) in [6, 6.07) is 0. The van der Waals surface area contributed by atoms with Crippen LogP contribution in [0.1, 0.15) is 86.0 Å². The average Bonchev–Trinajstić information content (AvgIpc) is 2.37. The number of ether oxygens (including phenoxy) is 1. The number of hydrogen-bond acceptors (Lipinski definition) is 1. The second kappa shape index (κ2) is 7.82. The van der Waals surface area contributed by atoms with E-state index in [1.54, 1.807) is 0 Å². The Hall–Kier alpha value is -0.0400. The van der Waals surface area contributed by atoms with E-state index in [1.807, 2.05) is 0 Å². The number of rotatable bonds is 8. The summed E-state index contributed by atoms with van der Waals surface area (Å²) in [4.78, 5) is 0. The quantitative estimate of drug-likeness (QED) is 0.528. The van der Waals surface area contributed by atoms with Gasteiger partial charge in [0.15, 0.2) is 0 Å². The second-order valence-corrected chi connectivity index (χ2v) is 7.87. The lowest BCUT2D eigenvalue weighted by molar-refractivity contribution is -0.137. The van der Waals surface area contributed by atoms with Crippen molar-refractivity contribution in [1.29, 1.82) is 0 Å². The van der Waals surface area contributed by atoms with E-state index in [0.717, 1.165) is 18.9 Å². The van der Waals surface area contributed by atoms with Crippen LogP contribution in [0.3, 0.4) is 0 Å². The first kappa shape index (κ1) is 18.0. The zero-order valence-electron chi connectivity index (χ0n) is 14.6. The fourth-order valence-electron chi connectivity index (χ4n) is 3.98. The molecule has 0 aromatic heterocycles. The first-order chi connectivity index (χ1) is 9.37. The van der Waals surface area contributed by atoms with Crippen molar-refractivity contribution < 1.29 is 4.74 Å². The molecule has 0 amide bonds. The molecule has 20 heavy (non-hydrogen) atoms. The fraction of sp³-hybridized carbons (Fsp3) is 0.947. The van der Waals surface area contributed by atoms with Crippen LogP contribution < -0.4 is 0 Å². The van der Waals surface area contributed by atoms with Gasteiger partial charge in [0.2, 0.25) is 0 Å². The lowest BCUT2D eigenvalue weighted by Crippen LogP contribution is -2.45. The molecular formula is C19H37O. The molecule has 0 heterocycles. The van der Waals surface area contributed by atoms with Gasteiger partial charge in [-0.3, -0.25) is 0 Å². The summed E-state index contributed by atoms with van der Waals surface area (Å²) in [5.41, 5.74) is 0.451. The molecule has 0 saturated heterocycles. The largest absolute Gasteiger partial charge is 0.374 e. The van der Waals surface area contributed by atoms with Crippen LogP contribution in [0.5, 0.6) is 0 Å². The first-order valence-electron chi connectivity index (χ1n) is 8.80. The van der Waals surface area contributed by atoms with E-state index >= 15 is 0 Å². The molecule has 1 nitrogen and oxygen atoms in total. The minimum absolute atomic E-state index is 0.133. The van der Waals surface area contributed by atoms with Gasteiger partial charge in [-0.05, 0) is 42.9 Å². The van der Waals surface area contributed by atoms with Gasteiger partial charge in [0, 0.05) is 0 Å². The molecule has 0 aromatic rings. The topological polar surface area (TPSA) is 9.23 Å².